The molecule has 2 aromatic carbocycles. The van der Waals surface area contributed by atoms with E-state index in [4.69, 9.17) is 0 Å². The Hall–Kier alpha value is -1.60. The lowest BCUT2D eigenvalue weighted by molar-refractivity contribution is 0.508. The van der Waals surface area contributed by atoms with E-state index in [1.165, 1.54) is 23.2 Å². The second kappa shape index (κ2) is 4.34. The number of aryl methyl sites for hydroxylation is 1. The molecular formula is C16H17N. The third-order valence-electron chi connectivity index (χ3n) is 3.49. The maximum absolute atomic E-state index is 2.51. The summed E-state index contributed by atoms with van der Waals surface area (Å²) in [5.41, 5.74) is 4.31. The van der Waals surface area contributed by atoms with Crippen molar-refractivity contribution < 1.29 is 0 Å². The first kappa shape index (κ1) is 10.5. The molecule has 0 N–H and O–H groups in total. The fourth-order valence-electron chi connectivity index (χ4n) is 2.42. The van der Waals surface area contributed by atoms with Gasteiger partial charge in [-0.05, 0) is 23.6 Å². The molecule has 3 rings (SSSR count). The van der Waals surface area contributed by atoms with Gasteiger partial charge in [-0.1, -0.05) is 54.6 Å². The van der Waals surface area contributed by atoms with Crippen LogP contribution >= 0.6 is 0 Å². The molecule has 0 saturated carbocycles. The predicted octanol–water partition coefficient (Wildman–Crippen LogP) is 3.55. The first-order valence-corrected chi connectivity index (χ1v) is 6.18. The van der Waals surface area contributed by atoms with Gasteiger partial charge in [-0.25, -0.2) is 0 Å². The summed E-state index contributed by atoms with van der Waals surface area (Å²) in [6.45, 7) is 4.47. The van der Waals surface area contributed by atoms with Crippen LogP contribution in [0, 0.1) is 6.92 Å². The Kier molecular flexibility index (Phi) is 2.69. The van der Waals surface area contributed by atoms with Gasteiger partial charge in [0, 0.05) is 19.1 Å². The average Bonchev–Trinajstić information content (AvgIpc) is 3.10. The summed E-state index contributed by atoms with van der Waals surface area (Å²) in [5.74, 6) is 0. The molecule has 1 nitrogen and oxygen atoms in total. The number of nitrogens with zero attached hydrogens (tertiary/aromatic N) is 1. The molecular weight excluding hydrogens is 206 g/mol. The highest BCUT2D eigenvalue weighted by molar-refractivity contribution is 5.32. The fourth-order valence-corrected chi connectivity index (χ4v) is 2.42. The van der Waals surface area contributed by atoms with Gasteiger partial charge in [-0.2, -0.15) is 0 Å². The Bertz CT molecular complexity index is 504. The molecule has 2 aromatic rings. The smallest absolute Gasteiger partial charge is 0.0482 e. The summed E-state index contributed by atoms with van der Waals surface area (Å²) in [5, 5.41) is 0. The summed E-state index contributed by atoms with van der Waals surface area (Å²) in [6.07, 6.45) is 0. The molecule has 0 spiro atoms. The molecule has 1 saturated heterocycles. The van der Waals surface area contributed by atoms with Crippen LogP contribution < -0.4 is 0 Å². The monoisotopic (exact) mass is 223 g/mol. The van der Waals surface area contributed by atoms with Gasteiger partial charge in [0.15, 0.2) is 0 Å². The van der Waals surface area contributed by atoms with Crippen molar-refractivity contribution in [3.8, 4) is 0 Å². The molecule has 0 aromatic heterocycles. The van der Waals surface area contributed by atoms with Crippen LogP contribution in [0.15, 0.2) is 54.6 Å². The zero-order valence-corrected chi connectivity index (χ0v) is 10.1. The molecule has 2 atom stereocenters. The normalized spacial score (nSPS) is 22.4. The van der Waals surface area contributed by atoms with Gasteiger partial charge in [0.25, 0.3) is 0 Å². The summed E-state index contributed by atoms with van der Waals surface area (Å²) in [7, 11) is 0. The van der Waals surface area contributed by atoms with Gasteiger partial charge >= 0.3 is 0 Å². The van der Waals surface area contributed by atoms with E-state index in [-0.39, 0.29) is 0 Å². The maximum Gasteiger partial charge on any atom is 0.0482 e. The number of benzene rings is 2. The lowest BCUT2D eigenvalue weighted by Crippen LogP contribution is -1.99. The van der Waals surface area contributed by atoms with Crippen molar-refractivity contribution in [2.24, 2.45) is 0 Å². The highest BCUT2D eigenvalue weighted by Gasteiger charge is 2.35. The highest BCUT2D eigenvalue weighted by Crippen LogP contribution is 2.37. The Morgan fingerprint density at radius 1 is 1.00 bits per heavy atom. The van der Waals surface area contributed by atoms with Crippen molar-refractivity contribution in [1.29, 1.82) is 0 Å². The number of hydrogen-bond donors (Lipinski definition) is 0. The summed E-state index contributed by atoms with van der Waals surface area (Å²) in [6, 6.07) is 20.0. The lowest BCUT2D eigenvalue weighted by atomic mass is 10.1. The van der Waals surface area contributed by atoms with Gasteiger partial charge in [-0.15, -0.1) is 0 Å². The van der Waals surface area contributed by atoms with Crippen molar-refractivity contribution >= 4 is 0 Å². The molecule has 86 valence electrons. The molecule has 0 radical (unpaired) electrons. The Morgan fingerprint density at radius 2 is 1.71 bits per heavy atom. The van der Waals surface area contributed by atoms with Crippen LogP contribution in [0.4, 0.5) is 0 Å². The minimum atomic E-state index is 0.636. The zero-order chi connectivity index (χ0) is 11.7. The SMILES string of the molecule is Cc1ccccc1C1CN1Cc1ccccc1. The first-order valence-electron chi connectivity index (χ1n) is 6.18. The minimum Gasteiger partial charge on any atom is -0.289 e. The molecule has 0 bridgehead atoms. The van der Waals surface area contributed by atoms with Crippen LogP contribution in [0.3, 0.4) is 0 Å². The van der Waals surface area contributed by atoms with E-state index in [1.807, 2.05) is 0 Å². The van der Waals surface area contributed by atoms with Gasteiger partial charge in [-0.3, -0.25) is 4.90 Å². The Balaban J connectivity index is 1.70. The van der Waals surface area contributed by atoms with Crippen LogP contribution in [-0.4, -0.2) is 11.4 Å². The fraction of sp³-hybridized carbons (Fsp3) is 0.250. The quantitative estimate of drug-likeness (QED) is 0.719. The molecule has 1 heterocycles. The van der Waals surface area contributed by atoms with Crippen molar-refractivity contribution in [2.45, 2.75) is 19.5 Å². The van der Waals surface area contributed by atoms with E-state index < -0.39 is 0 Å². The molecule has 0 aliphatic carbocycles. The lowest BCUT2D eigenvalue weighted by Gasteiger charge is -2.06. The van der Waals surface area contributed by atoms with Crippen molar-refractivity contribution in [3.05, 3.63) is 71.3 Å². The first-order chi connectivity index (χ1) is 8.34. The van der Waals surface area contributed by atoms with E-state index in [0.717, 1.165) is 6.54 Å². The molecule has 1 aliphatic rings. The molecule has 1 aliphatic heterocycles. The maximum atomic E-state index is 2.51. The molecule has 0 amide bonds. The Labute approximate surface area is 103 Å². The van der Waals surface area contributed by atoms with Gasteiger partial charge in [0.1, 0.15) is 0 Å². The third kappa shape index (κ3) is 2.25. The second-order valence-electron chi connectivity index (χ2n) is 4.79. The number of rotatable bonds is 3. The van der Waals surface area contributed by atoms with Gasteiger partial charge in [0.05, 0.1) is 0 Å². The summed E-state index contributed by atoms with van der Waals surface area (Å²) < 4.78 is 0. The second-order valence-corrected chi connectivity index (χ2v) is 4.79. The van der Waals surface area contributed by atoms with Crippen LogP contribution in [0.25, 0.3) is 0 Å². The van der Waals surface area contributed by atoms with Crippen LogP contribution in [0.1, 0.15) is 22.7 Å². The van der Waals surface area contributed by atoms with E-state index in [2.05, 4.69) is 66.4 Å². The Morgan fingerprint density at radius 3 is 2.47 bits per heavy atom. The van der Waals surface area contributed by atoms with Crippen molar-refractivity contribution in [1.82, 2.24) is 4.90 Å². The van der Waals surface area contributed by atoms with Crippen molar-refractivity contribution in [2.75, 3.05) is 6.54 Å². The van der Waals surface area contributed by atoms with Crippen molar-refractivity contribution in [3.63, 3.8) is 0 Å². The van der Waals surface area contributed by atoms with E-state index >= 15 is 0 Å². The predicted molar refractivity (Wildman–Crippen MR) is 70.8 cm³/mol. The average molecular weight is 223 g/mol. The van der Waals surface area contributed by atoms with E-state index in [0.29, 0.717) is 6.04 Å². The molecule has 1 fully saturated rings. The number of hydrogen-bond acceptors (Lipinski definition) is 1. The topological polar surface area (TPSA) is 3.01 Å². The summed E-state index contributed by atoms with van der Waals surface area (Å²) in [4.78, 5) is 2.51. The van der Waals surface area contributed by atoms with E-state index in [9.17, 15) is 0 Å². The van der Waals surface area contributed by atoms with E-state index in [1.54, 1.807) is 0 Å². The molecule has 1 heteroatoms. The minimum absolute atomic E-state index is 0.636. The van der Waals surface area contributed by atoms with Crippen LogP contribution in [0.5, 0.6) is 0 Å². The zero-order valence-electron chi connectivity index (χ0n) is 10.1. The van der Waals surface area contributed by atoms with Crippen LogP contribution in [0.2, 0.25) is 0 Å². The molecule has 17 heavy (non-hydrogen) atoms. The molecule has 2 unspecified atom stereocenters. The standard InChI is InChI=1S/C16H17N/c1-13-7-5-6-10-15(13)16-12-17(16)11-14-8-3-2-4-9-14/h2-10,16H,11-12H2,1H3. The highest BCUT2D eigenvalue weighted by atomic mass is 15.3. The van der Waals surface area contributed by atoms with Crippen LogP contribution in [-0.2, 0) is 6.54 Å². The van der Waals surface area contributed by atoms with Gasteiger partial charge in [0.2, 0.25) is 0 Å². The summed E-state index contributed by atoms with van der Waals surface area (Å²) >= 11 is 0. The third-order valence-corrected chi connectivity index (χ3v) is 3.49. The van der Waals surface area contributed by atoms with Gasteiger partial charge < -0.3 is 0 Å². The largest absolute Gasteiger partial charge is 0.289 e.